The summed E-state index contributed by atoms with van der Waals surface area (Å²) in [5.74, 6) is -2.03. The van der Waals surface area contributed by atoms with E-state index < -0.39 is 36.0 Å². The highest BCUT2D eigenvalue weighted by Gasteiger charge is 2.52. The van der Waals surface area contributed by atoms with Crippen LogP contribution in [0.2, 0.25) is 0 Å². The molecule has 34 heavy (non-hydrogen) atoms. The SMILES string of the molecule is N#Cc1ccccc1Sc1ccccc1C(=O)OCC(=O)NN1C(=O)NC2(CCCCC2)C1=O. The number of nitriles is 1. The van der Waals surface area contributed by atoms with E-state index in [0.29, 0.717) is 33.2 Å². The predicted octanol–water partition coefficient (Wildman–Crippen LogP) is 3.15. The van der Waals surface area contributed by atoms with E-state index >= 15 is 0 Å². The van der Waals surface area contributed by atoms with Crippen LogP contribution in [0.4, 0.5) is 4.79 Å². The molecular formula is C24H22N4O5S. The highest BCUT2D eigenvalue weighted by Crippen LogP contribution is 2.34. The van der Waals surface area contributed by atoms with Crippen LogP contribution in [0.1, 0.15) is 48.0 Å². The average Bonchev–Trinajstić information content (AvgIpc) is 3.07. The van der Waals surface area contributed by atoms with E-state index in [0.717, 1.165) is 19.3 Å². The van der Waals surface area contributed by atoms with Crippen LogP contribution < -0.4 is 10.7 Å². The van der Waals surface area contributed by atoms with Crippen LogP contribution in [0.25, 0.3) is 0 Å². The number of esters is 1. The lowest BCUT2D eigenvalue weighted by atomic mass is 9.82. The molecule has 1 aliphatic heterocycles. The Morgan fingerprint density at radius 3 is 2.47 bits per heavy atom. The third-order valence-corrected chi connectivity index (χ3v) is 6.93. The molecule has 1 heterocycles. The molecule has 1 aliphatic carbocycles. The lowest BCUT2D eigenvalue weighted by Crippen LogP contribution is -2.51. The van der Waals surface area contributed by atoms with Crippen molar-refractivity contribution in [3.05, 3.63) is 59.7 Å². The van der Waals surface area contributed by atoms with Crippen LogP contribution in [-0.2, 0) is 14.3 Å². The van der Waals surface area contributed by atoms with Crippen LogP contribution in [0.5, 0.6) is 0 Å². The Morgan fingerprint density at radius 1 is 1.06 bits per heavy atom. The molecule has 0 radical (unpaired) electrons. The quantitative estimate of drug-likeness (QED) is 0.482. The molecule has 0 bridgehead atoms. The summed E-state index contributed by atoms with van der Waals surface area (Å²) in [6, 6.07) is 15.1. The number of urea groups is 1. The summed E-state index contributed by atoms with van der Waals surface area (Å²) < 4.78 is 5.14. The van der Waals surface area contributed by atoms with Crippen LogP contribution in [0.15, 0.2) is 58.3 Å². The maximum absolute atomic E-state index is 12.8. The van der Waals surface area contributed by atoms with Gasteiger partial charge in [-0.1, -0.05) is 55.3 Å². The summed E-state index contributed by atoms with van der Waals surface area (Å²) in [5.41, 5.74) is 1.98. The van der Waals surface area contributed by atoms with Crippen molar-refractivity contribution >= 4 is 35.6 Å². The normalized spacial score (nSPS) is 16.6. The monoisotopic (exact) mass is 478 g/mol. The minimum Gasteiger partial charge on any atom is -0.452 e. The first-order valence-corrected chi connectivity index (χ1v) is 11.6. The molecule has 4 amide bonds. The maximum atomic E-state index is 12.8. The highest BCUT2D eigenvalue weighted by atomic mass is 32.2. The highest BCUT2D eigenvalue weighted by molar-refractivity contribution is 7.99. The first-order valence-electron chi connectivity index (χ1n) is 10.8. The third kappa shape index (κ3) is 4.75. The molecule has 2 fully saturated rings. The van der Waals surface area contributed by atoms with Crippen molar-refractivity contribution in [2.24, 2.45) is 0 Å². The zero-order valence-electron chi connectivity index (χ0n) is 18.2. The van der Waals surface area contributed by atoms with E-state index in [-0.39, 0.29) is 5.56 Å². The van der Waals surface area contributed by atoms with E-state index in [1.807, 2.05) is 0 Å². The first-order chi connectivity index (χ1) is 16.4. The second-order valence-electron chi connectivity index (χ2n) is 8.03. The summed E-state index contributed by atoms with van der Waals surface area (Å²) in [6.45, 7) is -0.670. The van der Waals surface area contributed by atoms with Crippen molar-refractivity contribution in [2.75, 3.05) is 6.61 Å². The number of carbonyl (C=O) groups excluding carboxylic acids is 4. The number of hydrogen-bond donors (Lipinski definition) is 2. The van der Waals surface area contributed by atoms with Crippen molar-refractivity contribution in [2.45, 2.75) is 47.4 Å². The smallest absolute Gasteiger partial charge is 0.344 e. The van der Waals surface area contributed by atoms with Gasteiger partial charge in [0.05, 0.1) is 11.1 Å². The summed E-state index contributed by atoms with van der Waals surface area (Å²) >= 11 is 1.24. The standard InChI is InChI=1S/C24H22N4O5S/c25-14-16-8-2-4-10-18(16)34-19-11-5-3-9-17(19)21(30)33-15-20(29)27-28-22(31)24(26-23(28)32)12-6-1-7-13-24/h2-5,8-11H,1,6-7,12-13,15H2,(H,26,32)(H,27,29). The van der Waals surface area contributed by atoms with Crippen LogP contribution in [0.3, 0.4) is 0 Å². The fraction of sp³-hybridized carbons (Fsp3) is 0.292. The van der Waals surface area contributed by atoms with Crippen LogP contribution in [0, 0.1) is 11.3 Å². The molecule has 2 aromatic rings. The third-order valence-electron chi connectivity index (χ3n) is 5.77. The molecule has 2 aromatic carbocycles. The Labute approximate surface area is 200 Å². The summed E-state index contributed by atoms with van der Waals surface area (Å²) in [5, 5.41) is 12.7. The minimum absolute atomic E-state index is 0.226. The Kier molecular flexibility index (Phi) is 6.84. The number of imide groups is 1. The lowest BCUT2D eigenvalue weighted by molar-refractivity contribution is -0.140. The molecule has 174 valence electrons. The zero-order chi connectivity index (χ0) is 24.1. The van der Waals surface area contributed by atoms with Gasteiger partial charge >= 0.3 is 12.0 Å². The molecular weight excluding hydrogens is 456 g/mol. The summed E-state index contributed by atoms with van der Waals surface area (Å²) in [7, 11) is 0. The van der Waals surface area contributed by atoms with Gasteiger partial charge in [-0.25, -0.2) is 9.59 Å². The number of rotatable bonds is 6. The fourth-order valence-corrected chi connectivity index (χ4v) is 5.09. The van der Waals surface area contributed by atoms with Gasteiger partial charge in [-0.05, 0) is 37.1 Å². The average molecular weight is 479 g/mol. The number of nitrogens with one attached hydrogen (secondary N) is 2. The molecule has 1 saturated carbocycles. The summed E-state index contributed by atoms with van der Waals surface area (Å²) in [4.78, 5) is 51.3. The predicted molar refractivity (Wildman–Crippen MR) is 121 cm³/mol. The zero-order valence-corrected chi connectivity index (χ0v) is 19.0. The molecule has 2 aliphatic rings. The van der Waals surface area contributed by atoms with Gasteiger partial charge < -0.3 is 10.1 Å². The number of benzene rings is 2. The van der Waals surface area contributed by atoms with Crippen molar-refractivity contribution in [1.82, 2.24) is 15.8 Å². The number of amides is 4. The van der Waals surface area contributed by atoms with Crippen LogP contribution in [-0.4, -0.2) is 41.0 Å². The first kappa shape index (κ1) is 23.3. The minimum atomic E-state index is -0.963. The van der Waals surface area contributed by atoms with Gasteiger partial charge in [-0.2, -0.15) is 10.3 Å². The van der Waals surface area contributed by atoms with Gasteiger partial charge in [0.2, 0.25) is 0 Å². The van der Waals surface area contributed by atoms with Crippen molar-refractivity contribution in [3.63, 3.8) is 0 Å². The second kappa shape index (κ2) is 9.97. The molecule has 9 nitrogen and oxygen atoms in total. The number of carbonyl (C=O) groups is 4. The molecule has 0 aromatic heterocycles. The van der Waals surface area contributed by atoms with Crippen molar-refractivity contribution in [1.29, 1.82) is 5.26 Å². The van der Waals surface area contributed by atoms with Gasteiger partial charge in [0.1, 0.15) is 11.6 Å². The van der Waals surface area contributed by atoms with Gasteiger partial charge in [0.25, 0.3) is 11.8 Å². The van der Waals surface area contributed by atoms with Crippen molar-refractivity contribution < 1.29 is 23.9 Å². The van der Waals surface area contributed by atoms with Gasteiger partial charge in [0.15, 0.2) is 6.61 Å². The van der Waals surface area contributed by atoms with E-state index in [2.05, 4.69) is 16.8 Å². The molecule has 1 saturated heterocycles. The van der Waals surface area contributed by atoms with Crippen molar-refractivity contribution in [3.8, 4) is 6.07 Å². The number of ether oxygens (including phenoxy) is 1. The number of nitrogens with zero attached hydrogens (tertiary/aromatic N) is 2. The Balaban J connectivity index is 1.38. The molecule has 10 heteroatoms. The lowest BCUT2D eigenvalue weighted by Gasteiger charge is -2.30. The van der Waals surface area contributed by atoms with Gasteiger partial charge in [-0.3, -0.25) is 15.0 Å². The Hall–Kier alpha value is -3.84. The number of hydrogen-bond acceptors (Lipinski definition) is 7. The van der Waals surface area contributed by atoms with E-state index in [1.165, 1.54) is 11.8 Å². The van der Waals surface area contributed by atoms with E-state index in [1.54, 1.807) is 48.5 Å². The van der Waals surface area contributed by atoms with Gasteiger partial charge in [0, 0.05) is 9.79 Å². The fourth-order valence-electron chi connectivity index (χ4n) is 4.07. The molecule has 0 atom stereocenters. The van der Waals surface area contributed by atoms with E-state index in [9.17, 15) is 24.4 Å². The molecule has 4 rings (SSSR count). The van der Waals surface area contributed by atoms with Crippen LogP contribution >= 0.6 is 11.8 Å². The maximum Gasteiger partial charge on any atom is 0.344 e. The summed E-state index contributed by atoms with van der Waals surface area (Å²) in [6.07, 6.45) is 3.70. The topological polar surface area (TPSA) is 129 Å². The molecule has 2 N–H and O–H groups in total. The Morgan fingerprint density at radius 2 is 1.74 bits per heavy atom. The second-order valence-corrected chi connectivity index (χ2v) is 9.11. The Bertz CT molecular complexity index is 1190. The molecule has 0 unspecified atom stereocenters. The van der Waals surface area contributed by atoms with E-state index in [4.69, 9.17) is 4.74 Å². The largest absolute Gasteiger partial charge is 0.452 e. The number of hydrazine groups is 1. The molecule has 1 spiro atoms. The van der Waals surface area contributed by atoms with Gasteiger partial charge in [-0.15, -0.1) is 0 Å².